The third kappa shape index (κ3) is 4.56. The van der Waals surface area contributed by atoms with Crippen molar-refractivity contribution in [3.8, 4) is 0 Å². The van der Waals surface area contributed by atoms with Crippen molar-refractivity contribution in [1.82, 2.24) is 10.5 Å². The van der Waals surface area contributed by atoms with Crippen LogP contribution >= 0.6 is 11.8 Å². The van der Waals surface area contributed by atoms with Crippen LogP contribution in [0.4, 0.5) is 0 Å². The van der Waals surface area contributed by atoms with Crippen molar-refractivity contribution < 1.29 is 19.2 Å². The van der Waals surface area contributed by atoms with Gasteiger partial charge in [0.25, 0.3) is 0 Å². The van der Waals surface area contributed by atoms with Gasteiger partial charge in [0.2, 0.25) is 5.91 Å². The molecule has 0 radical (unpaired) electrons. The number of aliphatic carboxylic acids is 1. The number of hydrogen-bond acceptors (Lipinski definition) is 5. The standard InChI is InChI=1S/C13H20N2O4S/c1-7(2)12(13(17)18)14-11(16)6-20-5-10-8(3)15-19-9(10)4/h7,12H,5-6H2,1-4H3,(H,14,16)(H,17,18)/t12-/m1/s1. The summed E-state index contributed by atoms with van der Waals surface area (Å²) in [5.74, 6) is 0.145. The number of hydrogen-bond donors (Lipinski definition) is 2. The highest BCUT2D eigenvalue weighted by molar-refractivity contribution is 7.99. The first-order valence-electron chi connectivity index (χ1n) is 6.34. The Bertz CT molecular complexity index is 465. The Morgan fingerprint density at radius 3 is 2.50 bits per heavy atom. The molecule has 0 bridgehead atoms. The van der Waals surface area contributed by atoms with Crippen molar-refractivity contribution >= 4 is 23.6 Å². The molecular weight excluding hydrogens is 280 g/mol. The number of carboxylic acid groups (broad SMARTS) is 1. The molecule has 0 aliphatic heterocycles. The van der Waals surface area contributed by atoms with Crippen LogP contribution in [0, 0.1) is 19.8 Å². The summed E-state index contributed by atoms with van der Waals surface area (Å²) in [7, 11) is 0. The lowest BCUT2D eigenvalue weighted by Gasteiger charge is -2.17. The van der Waals surface area contributed by atoms with Crippen LogP contribution in [0.15, 0.2) is 4.52 Å². The summed E-state index contributed by atoms with van der Waals surface area (Å²) in [6, 6.07) is -0.845. The molecule has 1 aromatic rings. The number of aromatic nitrogens is 1. The maximum atomic E-state index is 11.7. The van der Waals surface area contributed by atoms with Gasteiger partial charge in [-0.3, -0.25) is 4.79 Å². The number of carbonyl (C=O) groups excluding carboxylic acids is 1. The van der Waals surface area contributed by atoms with Crippen LogP contribution in [0.5, 0.6) is 0 Å². The van der Waals surface area contributed by atoms with Crippen molar-refractivity contribution in [3.05, 3.63) is 17.0 Å². The fourth-order valence-electron chi connectivity index (χ4n) is 1.68. The first-order chi connectivity index (χ1) is 9.32. The Morgan fingerprint density at radius 1 is 1.40 bits per heavy atom. The molecule has 1 atom stereocenters. The highest BCUT2D eigenvalue weighted by atomic mass is 32.2. The molecule has 20 heavy (non-hydrogen) atoms. The zero-order valence-electron chi connectivity index (χ0n) is 12.1. The van der Waals surface area contributed by atoms with E-state index in [2.05, 4.69) is 10.5 Å². The second-order valence-electron chi connectivity index (χ2n) is 4.92. The number of aryl methyl sites for hydroxylation is 2. The summed E-state index contributed by atoms with van der Waals surface area (Å²) in [5.41, 5.74) is 1.81. The monoisotopic (exact) mass is 300 g/mol. The van der Waals surface area contributed by atoms with E-state index < -0.39 is 12.0 Å². The molecule has 1 heterocycles. The molecule has 1 amide bonds. The van der Waals surface area contributed by atoms with Crippen LogP contribution in [0.25, 0.3) is 0 Å². The maximum absolute atomic E-state index is 11.7. The van der Waals surface area contributed by atoms with E-state index in [4.69, 9.17) is 9.63 Å². The van der Waals surface area contributed by atoms with E-state index in [0.717, 1.165) is 17.0 Å². The summed E-state index contributed by atoms with van der Waals surface area (Å²) in [5, 5.41) is 15.4. The largest absolute Gasteiger partial charge is 0.480 e. The molecule has 2 N–H and O–H groups in total. The summed E-state index contributed by atoms with van der Waals surface area (Å²) in [6.07, 6.45) is 0. The molecule has 0 spiro atoms. The molecule has 6 nitrogen and oxygen atoms in total. The van der Waals surface area contributed by atoms with E-state index in [0.29, 0.717) is 5.75 Å². The van der Waals surface area contributed by atoms with Crippen LogP contribution in [0.2, 0.25) is 0 Å². The molecule has 0 fully saturated rings. The van der Waals surface area contributed by atoms with Crippen molar-refractivity contribution in [1.29, 1.82) is 0 Å². The lowest BCUT2D eigenvalue weighted by Crippen LogP contribution is -2.45. The van der Waals surface area contributed by atoms with E-state index in [9.17, 15) is 9.59 Å². The van der Waals surface area contributed by atoms with Gasteiger partial charge in [-0.1, -0.05) is 19.0 Å². The Kier molecular flexibility index (Phi) is 6.06. The lowest BCUT2D eigenvalue weighted by molar-refractivity contribution is -0.142. The van der Waals surface area contributed by atoms with E-state index in [1.807, 2.05) is 13.8 Å². The van der Waals surface area contributed by atoms with Crippen LogP contribution in [0.3, 0.4) is 0 Å². The van der Waals surface area contributed by atoms with Crippen molar-refractivity contribution in [2.24, 2.45) is 5.92 Å². The number of amides is 1. The minimum absolute atomic E-state index is 0.149. The zero-order valence-corrected chi connectivity index (χ0v) is 12.9. The van der Waals surface area contributed by atoms with Gasteiger partial charge in [0.15, 0.2) is 0 Å². The van der Waals surface area contributed by atoms with Crippen LogP contribution in [0.1, 0.15) is 30.9 Å². The number of thioether (sulfide) groups is 1. The number of carbonyl (C=O) groups is 2. The highest BCUT2D eigenvalue weighted by Gasteiger charge is 2.23. The summed E-state index contributed by atoms with van der Waals surface area (Å²) < 4.78 is 5.04. The van der Waals surface area contributed by atoms with Crippen LogP contribution < -0.4 is 5.32 Å². The maximum Gasteiger partial charge on any atom is 0.326 e. The number of rotatable bonds is 7. The highest BCUT2D eigenvalue weighted by Crippen LogP contribution is 2.19. The molecule has 0 aliphatic rings. The second kappa shape index (κ2) is 7.33. The van der Waals surface area contributed by atoms with Crippen molar-refractivity contribution in [2.45, 2.75) is 39.5 Å². The fourth-order valence-corrected chi connectivity index (χ4v) is 2.67. The van der Waals surface area contributed by atoms with Gasteiger partial charge in [0.1, 0.15) is 11.8 Å². The lowest BCUT2D eigenvalue weighted by atomic mass is 10.1. The number of nitrogens with one attached hydrogen (secondary N) is 1. The molecular formula is C13H20N2O4S. The van der Waals surface area contributed by atoms with Gasteiger partial charge in [0.05, 0.1) is 11.4 Å². The van der Waals surface area contributed by atoms with Crippen molar-refractivity contribution in [2.75, 3.05) is 5.75 Å². The van der Waals surface area contributed by atoms with Gasteiger partial charge in [0, 0.05) is 11.3 Å². The van der Waals surface area contributed by atoms with E-state index in [1.54, 1.807) is 13.8 Å². The van der Waals surface area contributed by atoms with Gasteiger partial charge < -0.3 is 14.9 Å². The average Bonchev–Trinajstić information content (AvgIpc) is 2.66. The third-order valence-electron chi connectivity index (χ3n) is 2.91. The first kappa shape index (κ1) is 16.6. The number of nitrogens with zero attached hydrogens (tertiary/aromatic N) is 1. The summed E-state index contributed by atoms with van der Waals surface area (Å²) in [6.45, 7) is 7.20. The van der Waals surface area contributed by atoms with Gasteiger partial charge in [-0.15, -0.1) is 11.8 Å². The SMILES string of the molecule is Cc1noc(C)c1CSCC(=O)N[C@@H](C(=O)O)C(C)C. The molecule has 1 rings (SSSR count). The smallest absolute Gasteiger partial charge is 0.326 e. The predicted octanol–water partition coefficient (Wildman–Crippen LogP) is 1.75. The van der Waals surface area contributed by atoms with Gasteiger partial charge in [-0.2, -0.15) is 0 Å². The Balaban J connectivity index is 2.42. The van der Waals surface area contributed by atoms with E-state index in [-0.39, 0.29) is 17.6 Å². The Morgan fingerprint density at radius 2 is 2.05 bits per heavy atom. The number of carboxylic acids is 1. The third-order valence-corrected chi connectivity index (χ3v) is 3.87. The summed E-state index contributed by atoms with van der Waals surface area (Å²) in [4.78, 5) is 22.7. The molecule has 7 heteroatoms. The molecule has 0 unspecified atom stereocenters. The topological polar surface area (TPSA) is 92.4 Å². The predicted molar refractivity (Wildman–Crippen MR) is 76.5 cm³/mol. The fraction of sp³-hybridized carbons (Fsp3) is 0.615. The Hall–Kier alpha value is -1.50. The average molecular weight is 300 g/mol. The quantitative estimate of drug-likeness (QED) is 0.797. The molecule has 1 aromatic heterocycles. The normalized spacial score (nSPS) is 12.4. The van der Waals surface area contributed by atoms with Gasteiger partial charge in [-0.25, -0.2) is 4.79 Å². The Labute approximate surface area is 122 Å². The van der Waals surface area contributed by atoms with Gasteiger partial charge in [-0.05, 0) is 19.8 Å². The van der Waals surface area contributed by atoms with Crippen LogP contribution in [-0.4, -0.2) is 33.9 Å². The second-order valence-corrected chi connectivity index (χ2v) is 5.91. The zero-order chi connectivity index (χ0) is 15.3. The minimum Gasteiger partial charge on any atom is -0.480 e. The molecule has 0 saturated heterocycles. The molecule has 0 aromatic carbocycles. The molecule has 0 aliphatic carbocycles. The minimum atomic E-state index is -1.01. The first-order valence-corrected chi connectivity index (χ1v) is 7.50. The molecule has 0 saturated carbocycles. The van der Waals surface area contributed by atoms with Gasteiger partial charge >= 0.3 is 5.97 Å². The summed E-state index contributed by atoms with van der Waals surface area (Å²) >= 11 is 1.41. The van der Waals surface area contributed by atoms with E-state index >= 15 is 0 Å². The van der Waals surface area contributed by atoms with Crippen molar-refractivity contribution in [3.63, 3.8) is 0 Å². The molecule has 112 valence electrons. The van der Waals surface area contributed by atoms with E-state index in [1.165, 1.54) is 11.8 Å². The van der Waals surface area contributed by atoms with Crippen LogP contribution in [-0.2, 0) is 15.3 Å².